The second kappa shape index (κ2) is 6.67. The van der Waals surface area contributed by atoms with Crippen LogP contribution >= 0.6 is 0 Å². The molecule has 2 nitrogen and oxygen atoms in total. The third-order valence-electron chi connectivity index (χ3n) is 1.84. The van der Waals surface area contributed by atoms with Crippen molar-refractivity contribution in [3.63, 3.8) is 0 Å². The summed E-state index contributed by atoms with van der Waals surface area (Å²) in [5.74, 6) is 5.87. The van der Waals surface area contributed by atoms with Crippen LogP contribution in [0.15, 0.2) is 24.3 Å². The highest BCUT2D eigenvalue weighted by molar-refractivity contribution is 5.46. The van der Waals surface area contributed by atoms with Crippen LogP contribution in [0, 0.1) is 11.8 Å². The molecule has 1 aromatic carbocycles. The minimum Gasteiger partial charge on any atom is -0.435 e. The third-order valence-corrected chi connectivity index (χ3v) is 1.84. The quantitative estimate of drug-likeness (QED) is 0.614. The van der Waals surface area contributed by atoms with E-state index in [2.05, 4.69) is 21.9 Å². The summed E-state index contributed by atoms with van der Waals surface area (Å²) < 4.78 is 27.9. The summed E-state index contributed by atoms with van der Waals surface area (Å²) in [5.41, 5.74) is 0.861. The van der Waals surface area contributed by atoms with Gasteiger partial charge in [-0.15, -0.1) is 11.8 Å². The predicted molar refractivity (Wildman–Crippen MR) is 59.6 cm³/mol. The Morgan fingerprint density at radius 2 is 2.00 bits per heavy atom. The molecule has 0 bridgehead atoms. The molecule has 0 amide bonds. The first-order valence-electron chi connectivity index (χ1n) is 4.90. The maximum Gasteiger partial charge on any atom is 0.387 e. The van der Waals surface area contributed by atoms with Crippen LogP contribution < -0.4 is 10.1 Å². The van der Waals surface area contributed by atoms with E-state index in [-0.39, 0.29) is 5.75 Å². The number of alkyl halides is 2. The van der Waals surface area contributed by atoms with Gasteiger partial charge in [0.1, 0.15) is 5.75 Å². The van der Waals surface area contributed by atoms with E-state index in [1.54, 1.807) is 19.1 Å². The van der Waals surface area contributed by atoms with Crippen LogP contribution in [0.1, 0.15) is 13.3 Å². The number of benzene rings is 1. The fourth-order valence-electron chi connectivity index (χ4n) is 1.15. The summed E-state index contributed by atoms with van der Waals surface area (Å²) in [5, 5.41) is 3.11. The van der Waals surface area contributed by atoms with E-state index in [4.69, 9.17) is 0 Å². The Morgan fingerprint density at radius 1 is 1.31 bits per heavy atom. The maximum atomic E-state index is 11.9. The number of nitrogens with one attached hydrogen (secondary N) is 1. The van der Waals surface area contributed by atoms with Gasteiger partial charge in [0, 0.05) is 18.7 Å². The van der Waals surface area contributed by atoms with E-state index in [1.807, 2.05) is 0 Å². The van der Waals surface area contributed by atoms with Crippen molar-refractivity contribution >= 4 is 5.69 Å². The minimum atomic E-state index is -2.78. The summed E-state index contributed by atoms with van der Waals surface area (Å²) in [6.07, 6.45) is 0.756. The standard InChI is InChI=1S/C12H13F2NO/c1-2-3-4-9-15-10-5-7-11(8-6-10)16-12(13)14/h5-8,12,15H,4,9H2,1H3. The van der Waals surface area contributed by atoms with Gasteiger partial charge in [0.05, 0.1) is 0 Å². The summed E-state index contributed by atoms with van der Waals surface area (Å²) in [4.78, 5) is 0. The molecular weight excluding hydrogens is 212 g/mol. The fourth-order valence-corrected chi connectivity index (χ4v) is 1.15. The highest BCUT2D eigenvalue weighted by Gasteiger charge is 2.02. The lowest BCUT2D eigenvalue weighted by molar-refractivity contribution is -0.0498. The molecule has 0 aromatic heterocycles. The zero-order valence-corrected chi connectivity index (χ0v) is 8.97. The SMILES string of the molecule is CC#CCCNc1ccc(OC(F)F)cc1. The molecule has 0 saturated carbocycles. The van der Waals surface area contributed by atoms with Crippen molar-refractivity contribution in [1.82, 2.24) is 0 Å². The topological polar surface area (TPSA) is 21.3 Å². The van der Waals surface area contributed by atoms with Gasteiger partial charge >= 0.3 is 6.61 Å². The highest BCUT2D eigenvalue weighted by Crippen LogP contribution is 2.17. The fraction of sp³-hybridized carbons (Fsp3) is 0.333. The van der Waals surface area contributed by atoms with Gasteiger partial charge in [0.15, 0.2) is 0 Å². The Bertz CT molecular complexity index is 365. The molecule has 0 fully saturated rings. The van der Waals surface area contributed by atoms with Gasteiger partial charge in [-0.3, -0.25) is 0 Å². The first kappa shape index (κ1) is 12.3. The number of anilines is 1. The van der Waals surface area contributed by atoms with E-state index in [0.29, 0.717) is 0 Å². The zero-order valence-electron chi connectivity index (χ0n) is 8.97. The van der Waals surface area contributed by atoms with Crippen LogP contribution in [0.3, 0.4) is 0 Å². The largest absolute Gasteiger partial charge is 0.435 e. The number of ether oxygens (including phenoxy) is 1. The van der Waals surface area contributed by atoms with Gasteiger partial charge < -0.3 is 10.1 Å². The van der Waals surface area contributed by atoms with Crippen LogP contribution in [-0.4, -0.2) is 13.2 Å². The average Bonchev–Trinajstić information content (AvgIpc) is 2.26. The molecule has 1 aromatic rings. The predicted octanol–water partition coefficient (Wildman–Crippen LogP) is 3.11. The lowest BCUT2D eigenvalue weighted by atomic mass is 10.3. The maximum absolute atomic E-state index is 11.9. The summed E-state index contributed by atoms with van der Waals surface area (Å²) in [6.45, 7) is -0.259. The molecule has 0 heterocycles. The highest BCUT2D eigenvalue weighted by atomic mass is 19.3. The van der Waals surface area contributed by atoms with E-state index in [1.165, 1.54) is 12.1 Å². The van der Waals surface area contributed by atoms with Crippen molar-refractivity contribution in [1.29, 1.82) is 0 Å². The van der Waals surface area contributed by atoms with Crippen molar-refractivity contribution in [2.45, 2.75) is 20.0 Å². The lowest BCUT2D eigenvalue weighted by Gasteiger charge is -2.06. The van der Waals surface area contributed by atoms with Crippen LogP contribution in [0.25, 0.3) is 0 Å². The molecule has 1 rings (SSSR count). The summed E-state index contributed by atoms with van der Waals surface area (Å²) in [7, 11) is 0. The van der Waals surface area contributed by atoms with Gasteiger partial charge in [-0.1, -0.05) is 0 Å². The smallest absolute Gasteiger partial charge is 0.387 e. The zero-order chi connectivity index (χ0) is 11.8. The molecule has 0 spiro atoms. The average molecular weight is 225 g/mol. The van der Waals surface area contributed by atoms with Gasteiger partial charge in [-0.25, -0.2) is 0 Å². The first-order chi connectivity index (χ1) is 7.72. The molecule has 16 heavy (non-hydrogen) atoms. The van der Waals surface area contributed by atoms with Crippen LogP contribution in [0.4, 0.5) is 14.5 Å². The van der Waals surface area contributed by atoms with E-state index < -0.39 is 6.61 Å². The molecule has 0 saturated heterocycles. The van der Waals surface area contributed by atoms with E-state index >= 15 is 0 Å². The molecule has 0 aliphatic carbocycles. The summed E-state index contributed by atoms with van der Waals surface area (Å²) >= 11 is 0. The lowest BCUT2D eigenvalue weighted by Crippen LogP contribution is -2.03. The Balaban J connectivity index is 2.41. The van der Waals surface area contributed by atoms with Gasteiger partial charge in [0.25, 0.3) is 0 Å². The molecule has 86 valence electrons. The van der Waals surface area contributed by atoms with Crippen molar-refractivity contribution < 1.29 is 13.5 Å². The van der Waals surface area contributed by atoms with Crippen molar-refractivity contribution in [2.75, 3.05) is 11.9 Å². The van der Waals surface area contributed by atoms with Crippen molar-refractivity contribution in [3.05, 3.63) is 24.3 Å². The van der Waals surface area contributed by atoms with Crippen molar-refractivity contribution in [2.24, 2.45) is 0 Å². The Labute approximate surface area is 93.6 Å². The van der Waals surface area contributed by atoms with Gasteiger partial charge in [-0.05, 0) is 31.2 Å². The molecule has 0 atom stereocenters. The van der Waals surface area contributed by atoms with Crippen LogP contribution in [0.2, 0.25) is 0 Å². The second-order valence-electron chi connectivity index (χ2n) is 3.01. The molecular formula is C12H13F2NO. The minimum absolute atomic E-state index is 0.161. The number of hydrogen-bond donors (Lipinski definition) is 1. The van der Waals surface area contributed by atoms with Gasteiger partial charge in [-0.2, -0.15) is 8.78 Å². The van der Waals surface area contributed by atoms with E-state index in [0.717, 1.165) is 18.7 Å². The summed E-state index contributed by atoms with van der Waals surface area (Å²) in [6, 6.07) is 6.38. The van der Waals surface area contributed by atoms with Gasteiger partial charge in [0.2, 0.25) is 0 Å². The normalized spacial score (nSPS) is 9.50. The first-order valence-corrected chi connectivity index (χ1v) is 4.90. The number of hydrogen-bond acceptors (Lipinski definition) is 2. The molecule has 1 N–H and O–H groups in total. The molecule has 0 radical (unpaired) electrons. The Hall–Kier alpha value is -1.76. The van der Waals surface area contributed by atoms with E-state index in [9.17, 15) is 8.78 Å². The molecule has 4 heteroatoms. The monoisotopic (exact) mass is 225 g/mol. The second-order valence-corrected chi connectivity index (χ2v) is 3.01. The molecule has 0 aliphatic rings. The third kappa shape index (κ3) is 4.65. The number of halogens is 2. The molecule has 0 aliphatic heterocycles. The van der Waals surface area contributed by atoms with Crippen LogP contribution in [0.5, 0.6) is 5.75 Å². The Morgan fingerprint density at radius 3 is 2.56 bits per heavy atom. The number of rotatable bonds is 5. The molecule has 0 unspecified atom stereocenters. The Kier molecular flexibility index (Phi) is 5.13. The van der Waals surface area contributed by atoms with Crippen molar-refractivity contribution in [3.8, 4) is 17.6 Å². The van der Waals surface area contributed by atoms with Crippen LogP contribution in [-0.2, 0) is 0 Å².